The van der Waals surface area contributed by atoms with E-state index in [1.54, 1.807) is 0 Å². The average Bonchev–Trinajstić information content (AvgIpc) is 2.86. The molecule has 1 unspecified atom stereocenters. The van der Waals surface area contributed by atoms with Crippen LogP contribution in [-0.2, 0) is 6.54 Å². The molecule has 3 heteroatoms. The van der Waals surface area contributed by atoms with Gasteiger partial charge in [-0.25, -0.2) is 0 Å². The Hall–Kier alpha value is -1.06. The summed E-state index contributed by atoms with van der Waals surface area (Å²) < 4.78 is 0. The topological polar surface area (TPSA) is 35.5 Å². The minimum Gasteiger partial charge on any atom is -0.396 e. The molecule has 18 heavy (non-hydrogen) atoms. The highest BCUT2D eigenvalue weighted by Gasteiger charge is 2.21. The maximum Gasteiger partial charge on any atom is 0.0434 e. The molecule has 2 N–H and O–H groups in total. The summed E-state index contributed by atoms with van der Waals surface area (Å²) in [6, 6.07) is 8.84. The third-order valence-electron chi connectivity index (χ3n) is 3.70. The normalized spacial score (nSPS) is 19.4. The maximum absolute atomic E-state index is 8.98. The van der Waals surface area contributed by atoms with Gasteiger partial charge in [0.2, 0.25) is 0 Å². The highest BCUT2D eigenvalue weighted by Crippen LogP contribution is 2.25. The van der Waals surface area contributed by atoms with Crippen LogP contribution in [0.15, 0.2) is 24.3 Å². The van der Waals surface area contributed by atoms with Gasteiger partial charge < -0.3 is 15.3 Å². The Morgan fingerprint density at radius 3 is 2.78 bits per heavy atom. The van der Waals surface area contributed by atoms with Crippen molar-refractivity contribution in [1.29, 1.82) is 0 Å². The van der Waals surface area contributed by atoms with Crippen molar-refractivity contribution in [2.75, 3.05) is 31.1 Å². The van der Waals surface area contributed by atoms with E-state index in [-0.39, 0.29) is 0 Å². The Bertz CT molecular complexity index is 350. The SMILES string of the molecule is CCNCc1ccc(N2CCC(CCO)C2)cc1. The lowest BCUT2D eigenvalue weighted by Crippen LogP contribution is -2.20. The summed E-state index contributed by atoms with van der Waals surface area (Å²) in [7, 11) is 0. The molecule has 1 aromatic carbocycles. The molecule has 100 valence electrons. The Morgan fingerprint density at radius 1 is 1.33 bits per heavy atom. The second-order valence-corrected chi connectivity index (χ2v) is 5.06. The summed E-state index contributed by atoms with van der Waals surface area (Å²) in [5.41, 5.74) is 2.65. The summed E-state index contributed by atoms with van der Waals surface area (Å²) >= 11 is 0. The Kier molecular flexibility index (Phi) is 5.02. The monoisotopic (exact) mass is 248 g/mol. The van der Waals surface area contributed by atoms with Crippen LogP contribution in [0.2, 0.25) is 0 Å². The van der Waals surface area contributed by atoms with E-state index in [0.29, 0.717) is 12.5 Å². The molecule has 2 rings (SSSR count). The molecule has 1 aliphatic rings. The first kappa shape index (κ1) is 13.4. The lowest BCUT2D eigenvalue weighted by molar-refractivity contribution is 0.263. The van der Waals surface area contributed by atoms with Gasteiger partial charge in [-0.1, -0.05) is 19.1 Å². The number of aliphatic hydroxyl groups is 1. The fraction of sp³-hybridized carbons (Fsp3) is 0.600. The lowest BCUT2D eigenvalue weighted by Gasteiger charge is -2.19. The minimum absolute atomic E-state index is 0.320. The number of hydrogen-bond acceptors (Lipinski definition) is 3. The van der Waals surface area contributed by atoms with Crippen molar-refractivity contribution in [2.24, 2.45) is 5.92 Å². The molecule has 0 amide bonds. The number of hydrogen-bond donors (Lipinski definition) is 2. The molecule has 0 bridgehead atoms. The zero-order chi connectivity index (χ0) is 12.8. The van der Waals surface area contributed by atoms with Crippen molar-refractivity contribution in [3.8, 4) is 0 Å². The van der Waals surface area contributed by atoms with Crippen molar-refractivity contribution in [3.63, 3.8) is 0 Å². The molecule has 1 heterocycles. The van der Waals surface area contributed by atoms with Crippen molar-refractivity contribution in [3.05, 3.63) is 29.8 Å². The van der Waals surface area contributed by atoms with Crippen LogP contribution >= 0.6 is 0 Å². The van der Waals surface area contributed by atoms with Crippen LogP contribution < -0.4 is 10.2 Å². The molecule has 1 fully saturated rings. The van der Waals surface area contributed by atoms with Gasteiger partial charge in [0.1, 0.15) is 0 Å². The standard InChI is InChI=1S/C15H24N2O/c1-2-16-11-13-3-5-15(6-4-13)17-9-7-14(12-17)8-10-18/h3-6,14,16,18H,2,7-12H2,1H3. The predicted molar refractivity (Wildman–Crippen MR) is 75.8 cm³/mol. The van der Waals surface area contributed by atoms with Crippen molar-refractivity contribution in [1.82, 2.24) is 5.32 Å². The van der Waals surface area contributed by atoms with Gasteiger partial charge in [0.25, 0.3) is 0 Å². The molecule has 1 atom stereocenters. The van der Waals surface area contributed by atoms with E-state index >= 15 is 0 Å². The molecule has 1 aliphatic heterocycles. The summed E-state index contributed by atoms with van der Waals surface area (Å²) in [6.45, 7) is 6.62. The molecule has 1 saturated heterocycles. The fourth-order valence-electron chi connectivity index (χ4n) is 2.58. The Labute approximate surface area is 110 Å². The molecule has 3 nitrogen and oxygen atoms in total. The van der Waals surface area contributed by atoms with Crippen LogP contribution in [0, 0.1) is 5.92 Å². The van der Waals surface area contributed by atoms with E-state index in [4.69, 9.17) is 5.11 Å². The van der Waals surface area contributed by atoms with Crippen LogP contribution in [0.1, 0.15) is 25.3 Å². The predicted octanol–water partition coefficient (Wildman–Crippen LogP) is 2.00. The van der Waals surface area contributed by atoms with Gasteiger partial charge in [0.15, 0.2) is 0 Å². The quantitative estimate of drug-likeness (QED) is 0.808. The van der Waals surface area contributed by atoms with Crippen molar-refractivity contribution < 1.29 is 5.11 Å². The second-order valence-electron chi connectivity index (χ2n) is 5.06. The van der Waals surface area contributed by atoms with Crippen molar-refractivity contribution >= 4 is 5.69 Å². The molecule has 0 radical (unpaired) electrons. The molecule has 1 aromatic rings. The summed E-state index contributed by atoms with van der Waals surface area (Å²) in [4.78, 5) is 2.43. The van der Waals surface area contributed by atoms with Crippen LogP contribution in [0.5, 0.6) is 0 Å². The number of rotatable bonds is 6. The first-order valence-electron chi connectivity index (χ1n) is 6.99. The van der Waals surface area contributed by atoms with Crippen LogP contribution in [-0.4, -0.2) is 31.3 Å². The Morgan fingerprint density at radius 2 is 2.11 bits per heavy atom. The van der Waals surface area contributed by atoms with Gasteiger partial charge in [-0.05, 0) is 43.0 Å². The average molecular weight is 248 g/mol. The van der Waals surface area contributed by atoms with Crippen LogP contribution in [0.4, 0.5) is 5.69 Å². The van der Waals surface area contributed by atoms with E-state index in [0.717, 1.165) is 32.6 Å². The molecule has 0 saturated carbocycles. The summed E-state index contributed by atoms with van der Waals surface area (Å²) in [5, 5.41) is 12.3. The number of benzene rings is 1. The zero-order valence-corrected chi connectivity index (χ0v) is 11.2. The van der Waals surface area contributed by atoms with Gasteiger partial charge in [0.05, 0.1) is 0 Å². The van der Waals surface area contributed by atoms with E-state index in [2.05, 4.69) is 41.4 Å². The third-order valence-corrected chi connectivity index (χ3v) is 3.70. The summed E-state index contributed by atoms with van der Waals surface area (Å²) in [5.74, 6) is 0.663. The maximum atomic E-state index is 8.98. The van der Waals surface area contributed by atoms with Gasteiger partial charge >= 0.3 is 0 Å². The first-order valence-corrected chi connectivity index (χ1v) is 6.99. The highest BCUT2D eigenvalue weighted by molar-refractivity contribution is 5.48. The molecule has 0 aliphatic carbocycles. The molecular formula is C15H24N2O. The fourth-order valence-corrected chi connectivity index (χ4v) is 2.58. The van der Waals surface area contributed by atoms with E-state index in [1.165, 1.54) is 17.7 Å². The van der Waals surface area contributed by atoms with Crippen LogP contribution in [0.25, 0.3) is 0 Å². The van der Waals surface area contributed by atoms with E-state index in [1.807, 2.05) is 0 Å². The van der Waals surface area contributed by atoms with Gasteiger partial charge in [-0.15, -0.1) is 0 Å². The number of nitrogens with one attached hydrogen (secondary N) is 1. The van der Waals surface area contributed by atoms with Gasteiger partial charge in [-0.3, -0.25) is 0 Å². The molecule has 0 spiro atoms. The number of anilines is 1. The largest absolute Gasteiger partial charge is 0.396 e. The Balaban J connectivity index is 1.90. The molecular weight excluding hydrogens is 224 g/mol. The number of nitrogens with zero attached hydrogens (tertiary/aromatic N) is 1. The number of aliphatic hydroxyl groups excluding tert-OH is 1. The summed E-state index contributed by atoms with van der Waals surface area (Å²) in [6.07, 6.45) is 2.15. The smallest absolute Gasteiger partial charge is 0.0434 e. The molecule has 0 aromatic heterocycles. The first-order chi connectivity index (χ1) is 8.83. The van der Waals surface area contributed by atoms with Gasteiger partial charge in [-0.2, -0.15) is 0 Å². The van der Waals surface area contributed by atoms with Crippen LogP contribution in [0.3, 0.4) is 0 Å². The van der Waals surface area contributed by atoms with Gasteiger partial charge in [0, 0.05) is 31.9 Å². The second kappa shape index (κ2) is 6.76. The zero-order valence-electron chi connectivity index (χ0n) is 11.2. The van der Waals surface area contributed by atoms with E-state index < -0.39 is 0 Å². The third kappa shape index (κ3) is 3.47. The highest BCUT2D eigenvalue weighted by atomic mass is 16.3. The minimum atomic E-state index is 0.320. The lowest BCUT2D eigenvalue weighted by atomic mass is 10.1. The van der Waals surface area contributed by atoms with E-state index in [9.17, 15) is 0 Å². The van der Waals surface area contributed by atoms with Crippen molar-refractivity contribution in [2.45, 2.75) is 26.3 Å².